The van der Waals surface area contributed by atoms with Crippen molar-refractivity contribution >= 4 is 24.2 Å². The minimum absolute atomic E-state index is 0.0206. The van der Waals surface area contributed by atoms with Crippen molar-refractivity contribution in [1.29, 1.82) is 0 Å². The maximum absolute atomic E-state index is 11.7. The lowest BCUT2D eigenvalue weighted by Crippen LogP contribution is -2.26. The first kappa shape index (κ1) is 13.7. The van der Waals surface area contributed by atoms with Crippen molar-refractivity contribution in [2.75, 3.05) is 31.9 Å². The summed E-state index contributed by atoms with van der Waals surface area (Å²) in [4.78, 5) is 13.3. The zero-order valence-corrected chi connectivity index (χ0v) is 11.2. The summed E-state index contributed by atoms with van der Waals surface area (Å²) in [5, 5.41) is 0. The smallest absolute Gasteiger partial charge is 0.227 e. The van der Waals surface area contributed by atoms with E-state index in [4.69, 9.17) is 9.47 Å². The van der Waals surface area contributed by atoms with Crippen molar-refractivity contribution in [3.8, 4) is 11.5 Å². The molecule has 0 aliphatic rings. The number of methoxy groups -OCH3 is 2. The summed E-state index contributed by atoms with van der Waals surface area (Å²) in [5.41, 5.74) is 0.773. The van der Waals surface area contributed by atoms with Gasteiger partial charge in [0, 0.05) is 25.2 Å². The van der Waals surface area contributed by atoms with E-state index in [1.54, 1.807) is 38.3 Å². The van der Waals surface area contributed by atoms with E-state index in [0.717, 1.165) is 5.69 Å². The molecule has 0 atom stereocenters. The fourth-order valence-electron chi connectivity index (χ4n) is 1.44. The molecule has 1 rings (SSSR count). The summed E-state index contributed by atoms with van der Waals surface area (Å²) >= 11 is 4.04. The molecule has 0 fully saturated rings. The quantitative estimate of drug-likeness (QED) is 0.818. The topological polar surface area (TPSA) is 38.8 Å². The van der Waals surface area contributed by atoms with Crippen LogP contribution in [0.1, 0.15) is 6.42 Å². The molecule has 0 spiro atoms. The summed E-state index contributed by atoms with van der Waals surface area (Å²) < 4.78 is 10.3. The van der Waals surface area contributed by atoms with Crippen molar-refractivity contribution in [3.63, 3.8) is 0 Å². The normalized spacial score (nSPS) is 9.88. The van der Waals surface area contributed by atoms with Gasteiger partial charge < -0.3 is 14.4 Å². The minimum atomic E-state index is 0.0206. The Kier molecular flexibility index (Phi) is 5.15. The molecule has 0 bridgehead atoms. The number of anilines is 1. The number of carbonyl (C=O) groups is 1. The molecule has 0 unspecified atom stereocenters. The number of ether oxygens (including phenoxy) is 2. The first-order chi connectivity index (χ1) is 8.13. The van der Waals surface area contributed by atoms with E-state index in [-0.39, 0.29) is 5.91 Å². The lowest BCUT2D eigenvalue weighted by atomic mass is 10.2. The average Bonchev–Trinajstić information content (AvgIpc) is 2.37. The van der Waals surface area contributed by atoms with E-state index < -0.39 is 0 Å². The predicted molar refractivity (Wildman–Crippen MR) is 71.4 cm³/mol. The standard InChI is InChI=1S/C12H17NO3S/c1-13(12(14)6-7-17)9-4-5-10(15-2)11(8-9)16-3/h4-5,8,17H,6-7H2,1-3H3. The van der Waals surface area contributed by atoms with E-state index in [1.807, 2.05) is 6.07 Å². The van der Waals surface area contributed by atoms with Gasteiger partial charge >= 0.3 is 0 Å². The Hall–Kier alpha value is -1.36. The molecular weight excluding hydrogens is 238 g/mol. The molecule has 1 aromatic carbocycles. The molecular formula is C12H17NO3S. The highest BCUT2D eigenvalue weighted by atomic mass is 32.1. The van der Waals surface area contributed by atoms with Gasteiger partial charge in [-0.25, -0.2) is 0 Å². The van der Waals surface area contributed by atoms with Gasteiger partial charge in [-0.1, -0.05) is 0 Å². The lowest BCUT2D eigenvalue weighted by Gasteiger charge is -2.18. The molecule has 5 heteroatoms. The van der Waals surface area contributed by atoms with Crippen LogP contribution in [0.4, 0.5) is 5.69 Å². The van der Waals surface area contributed by atoms with Crippen LogP contribution in [0.2, 0.25) is 0 Å². The molecule has 0 radical (unpaired) electrons. The summed E-state index contributed by atoms with van der Waals surface area (Å²) in [6.45, 7) is 0. The molecule has 0 saturated carbocycles. The summed E-state index contributed by atoms with van der Waals surface area (Å²) in [7, 11) is 4.87. The maximum Gasteiger partial charge on any atom is 0.227 e. The molecule has 4 nitrogen and oxygen atoms in total. The minimum Gasteiger partial charge on any atom is -0.493 e. The fourth-order valence-corrected chi connectivity index (χ4v) is 1.63. The highest BCUT2D eigenvalue weighted by Gasteiger charge is 2.12. The maximum atomic E-state index is 11.7. The van der Waals surface area contributed by atoms with Crippen LogP contribution in [0.25, 0.3) is 0 Å². The number of carbonyl (C=O) groups excluding carboxylic acids is 1. The van der Waals surface area contributed by atoms with E-state index in [9.17, 15) is 4.79 Å². The number of benzene rings is 1. The lowest BCUT2D eigenvalue weighted by molar-refractivity contribution is -0.117. The van der Waals surface area contributed by atoms with Gasteiger partial charge in [0.2, 0.25) is 5.91 Å². The van der Waals surface area contributed by atoms with Gasteiger partial charge in [0.15, 0.2) is 11.5 Å². The fraction of sp³-hybridized carbons (Fsp3) is 0.417. The molecule has 1 amide bonds. The Labute approximate surface area is 107 Å². The number of thiol groups is 1. The number of hydrogen-bond acceptors (Lipinski definition) is 4. The molecule has 0 aliphatic carbocycles. The number of amides is 1. The second kappa shape index (κ2) is 6.39. The van der Waals surface area contributed by atoms with Crippen molar-refractivity contribution < 1.29 is 14.3 Å². The predicted octanol–water partition coefficient (Wildman–Crippen LogP) is 1.99. The average molecular weight is 255 g/mol. The van der Waals surface area contributed by atoms with Crippen LogP contribution >= 0.6 is 12.6 Å². The third-order valence-corrected chi connectivity index (χ3v) is 2.68. The highest BCUT2D eigenvalue weighted by molar-refractivity contribution is 7.80. The largest absolute Gasteiger partial charge is 0.493 e. The van der Waals surface area contributed by atoms with Gasteiger partial charge in [0.25, 0.3) is 0 Å². The third kappa shape index (κ3) is 3.30. The van der Waals surface area contributed by atoms with Crippen LogP contribution in [0.15, 0.2) is 18.2 Å². The second-order valence-corrected chi connectivity index (χ2v) is 3.91. The van der Waals surface area contributed by atoms with Crippen molar-refractivity contribution in [3.05, 3.63) is 18.2 Å². The van der Waals surface area contributed by atoms with Crippen LogP contribution < -0.4 is 14.4 Å². The first-order valence-electron chi connectivity index (χ1n) is 5.23. The summed E-state index contributed by atoms with van der Waals surface area (Å²) in [5.74, 6) is 1.81. The Bertz CT molecular complexity index is 395. The molecule has 1 aromatic rings. The van der Waals surface area contributed by atoms with Gasteiger partial charge in [0.1, 0.15) is 0 Å². The van der Waals surface area contributed by atoms with Crippen molar-refractivity contribution in [2.24, 2.45) is 0 Å². The SMILES string of the molecule is COc1ccc(N(C)C(=O)CCS)cc1OC. The Morgan fingerprint density at radius 1 is 1.29 bits per heavy atom. The van der Waals surface area contributed by atoms with Gasteiger partial charge in [-0.3, -0.25) is 4.79 Å². The molecule has 94 valence electrons. The van der Waals surface area contributed by atoms with E-state index in [0.29, 0.717) is 23.7 Å². The number of rotatable bonds is 5. The highest BCUT2D eigenvalue weighted by Crippen LogP contribution is 2.31. The van der Waals surface area contributed by atoms with Crippen molar-refractivity contribution in [2.45, 2.75) is 6.42 Å². The van der Waals surface area contributed by atoms with Gasteiger partial charge in [-0.2, -0.15) is 12.6 Å². The molecule has 0 aromatic heterocycles. The molecule has 0 aliphatic heterocycles. The summed E-state index contributed by atoms with van der Waals surface area (Å²) in [6.07, 6.45) is 0.411. The second-order valence-electron chi connectivity index (χ2n) is 3.47. The van der Waals surface area contributed by atoms with Gasteiger partial charge in [-0.15, -0.1) is 0 Å². The third-order valence-electron chi connectivity index (χ3n) is 2.45. The number of hydrogen-bond donors (Lipinski definition) is 1. The van der Waals surface area contributed by atoms with Gasteiger partial charge in [-0.05, 0) is 17.9 Å². The van der Waals surface area contributed by atoms with Crippen LogP contribution in [-0.2, 0) is 4.79 Å². The van der Waals surface area contributed by atoms with E-state index >= 15 is 0 Å². The molecule has 0 saturated heterocycles. The Balaban J connectivity index is 2.95. The van der Waals surface area contributed by atoms with Crippen LogP contribution in [0, 0.1) is 0 Å². The van der Waals surface area contributed by atoms with Crippen LogP contribution in [0.5, 0.6) is 11.5 Å². The summed E-state index contributed by atoms with van der Waals surface area (Å²) in [6, 6.07) is 5.37. The first-order valence-corrected chi connectivity index (χ1v) is 5.86. The zero-order chi connectivity index (χ0) is 12.8. The Morgan fingerprint density at radius 3 is 2.47 bits per heavy atom. The zero-order valence-electron chi connectivity index (χ0n) is 10.3. The number of nitrogens with zero attached hydrogens (tertiary/aromatic N) is 1. The van der Waals surface area contributed by atoms with Crippen LogP contribution in [-0.4, -0.2) is 32.9 Å². The van der Waals surface area contributed by atoms with E-state index in [2.05, 4.69) is 12.6 Å². The van der Waals surface area contributed by atoms with Gasteiger partial charge in [0.05, 0.1) is 14.2 Å². The Morgan fingerprint density at radius 2 is 1.94 bits per heavy atom. The monoisotopic (exact) mass is 255 g/mol. The van der Waals surface area contributed by atoms with Crippen LogP contribution in [0.3, 0.4) is 0 Å². The van der Waals surface area contributed by atoms with E-state index in [1.165, 1.54) is 0 Å². The molecule has 0 heterocycles. The molecule has 0 N–H and O–H groups in total. The van der Waals surface area contributed by atoms with Crippen molar-refractivity contribution in [1.82, 2.24) is 0 Å². The molecule has 17 heavy (non-hydrogen) atoms.